The maximum absolute atomic E-state index is 5.36. The largest absolute Gasteiger partial charge is 0.399 e. The van der Waals surface area contributed by atoms with Crippen molar-refractivity contribution in [3.05, 3.63) is 284 Å². The van der Waals surface area contributed by atoms with Gasteiger partial charge in [-0.05, 0) is 117 Å². The molecule has 1 aliphatic heterocycles. The summed E-state index contributed by atoms with van der Waals surface area (Å²) in [7, 11) is 2.03. The van der Waals surface area contributed by atoms with E-state index in [4.69, 9.17) is 34.4 Å². The number of hydrogen-bond donors (Lipinski definition) is 6. The van der Waals surface area contributed by atoms with Crippen molar-refractivity contribution in [2.45, 2.75) is 229 Å². The van der Waals surface area contributed by atoms with Crippen molar-refractivity contribution in [2.75, 3.05) is 41.4 Å². The second-order valence-corrected chi connectivity index (χ2v) is 27.1. The van der Waals surface area contributed by atoms with Crippen LogP contribution in [0.15, 0.2) is 272 Å². The zero-order valence-electron chi connectivity index (χ0n) is 67.3. The summed E-state index contributed by atoms with van der Waals surface area (Å²) < 4.78 is 0. The van der Waals surface area contributed by atoms with Gasteiger partial charge < -0.3 is 39.3 Å². The van der Waals surface area contributed by atoms with Crippen molar-refractivity contribution < 1.29 is 0 Å². The monoisotopic (exact) mass is 1370 g/mol. The molecule has 10 rings (SSSR count). The maximum atomic E-state index is 5.36. The van der Waals surface area contributed by atoms with Gasteiger partial charge in [0.25, 0.3) is 0 Å². The third kappa shape index (κ3) is 79.9. The van der Waals surface area contributed by atoms with Gasteiger partial charge in [-0.2, -0.15) is 0 Å². The Hall–Kier alpha value is -8.75. The first-order valence-corrected chi connectivity index (χ1v) is 36.0. The molecule has 0 spiro atoms. The summed E-state index contributed by atoms with van der Waals surface area (Å²) in [5.41, 5.74) is 43.9. The first kappa shape index (κ1) is 105. The van der Waals surface area contributed by atoms with Crippen LogP contribution in [0.25, 0.3) is 0 Å². The Labute approximate surface area is 618 Å². The van der Waals surface area contributed by atoms with Crippen molar-refractivity contribution in [3.8, 4) is 0 Å². The van der Waals surface area contributed by atoms with E-state index in [2.05, 4.69) is 229 Å². The number of para-hydroxylation sites is 7. The maximum Gasteiger partial charge on any atom is 0.0912 e. The smallest absolute Gasteiger partial charge is 0.0912 e. The van der Waals surface area contributed by atoms with Crippen molar-refractivity contribution in [3.63, 3.8) is 0 Å². The molecule has 0 atom stereocenters. The number of nitrogens with two attached hydrogens (primary N) is 6. The third-order valence-corrected chi connectivity index (χ3v) is 12.0. The fourth-order valence-electron chi connectivity index (χ4n) is 5.84. The lowest BCUT2D eigenvalue weighted by molar-refractivity contribution is 0.397. The molecule has 0 aliphatic carbocycles. The summed E-state index contributed by atoms with van der Waals surface area (Å²) in [6.07, 6.45) is 9.41. The molecule has 0 amide bonds. The van der Waals surface area contributed by atoms with Crippen LogP contribution in [-0.4, -0.2) is 18.3 Å². The fraction of sp³-hybridized carbons (Fsp3) is 0.402. The molecule has 9 aromatic carbocycles. The molecule has 1 aliphatic rings. The molecule has 8 heteroatoms. The highest BCUT2D eigenvalue weighted by Gasteiger charge is 2.12. The number of fused-ring (bicyclic) bond motifs is 1. The third-order valence-electron chi connectivity index (χ3n) is 12.0. The molecule has 1 heterocycles. The average molecular weight is 1370 g/mol. The molecule has 8 nitrogen and oxygen atoms in total. The van der Waals surface area contributed by atoms with Crippen molar-refractivity contribution in [1.29, 1.82) is 0 Å². The molecule has 0 saturated carbocycles. The van der Waals surface area contributed by atoms with Gasteiger partial charge in [0.05, 0.1) is 12.0 Å². The van der Waals surface area contributed by atoms with Crippen LogP contribution in [0.2, 0.25) is 0 Å². The van der Waals surface area contributed by atoms with Crippen LogP contribution >= 0.6 is 0 Å². The van der Waals surface area contributed by atoms with E-state index < -0.39 is 0 Å². The van der Waals surface area contributed by atoms with E-state index in [-0.39, 0.29) is 7.43 Å². The number of rotatable bonds is 0. The number of hydrogen-bond acceptors (Lipinski definition) is 8. The highest BCUT2D eigenvalue weighted by atomic mass is 15.1. The lowest BCUT2D eigenvalue weighted by atomic mass is 9.87. The van der Waals surface area contributed by atoms with Gasteiger partial charge in [-0.3, -0.25) is 0 Å². The Morgan fingerprint density at radius 3 is 0.590 bits per heavy atom. The highest BCUT2D eigenvalue weighted by Crippen LogP contribution is 2.23. The molecule has 0 unspecified atom stereocenters. The first-order valence-electron chi connectivity index (χ1n) is 36.0. The molecule has 558 valence electrons. The van der Waals surface area contributed by atoms with Crippen LogP contribution in [0.4, 0.5) is 39.8 Å². The Morgan fingerprint density at radius 2 is 0.450 bits per heavy atom. The average Bonchev–Trinajstić information content (AvgIpc) is 0.870. The summed E-state index contributed by atoms with van der Waals surface area (Å²) in [4.78, 5) is 6.35. The minimum atomic E-state index is 0. The highest BCUT2D eigenvalue weighted by molar-refractivity contribution is 5.66. The van der Waals surface area contributed by atoms with Gasteiger partial charge in [0, 0.05) is 47.7 Å². The molecular weight excluding hydrogens is 1220 g/mol. The van der Waals surface area contributed by atoms with E-state index in [1.807, 2.05) is 227 Å². The second kappa shape index (κ2) is 70.1. The molecule has 0 radical (unpaired) electrons. The minimum Gasteiger partial charge on any atom is -0.399 e. The predicted octanol–water partition coefficient (Wildman–Crippen LogP) is 27.6. The van der Waals surface area contributed by atoms with Gasteiger partial charge in [0.15, 0.2) is 0 Å². The van der Waals surface area contributed by atoms with Gasteiger partial charge in [-0.15, -0.1) is 0 Å². The number of benzene rings is 9. The van der Waals surface area contributed by atoms with Gasteiger partial charge in [-0.1, -0.05) is 400 Å². The SMILES string of the molecule is C.CC.CC(C)(C)c1ccccc1.CC(C)(C)c1ccccc1.CCC.CCC.CCC.CCC.CCC(C)(C)C.CCC(C)(C)C.CN1C=Nc2ccccc2C1.Nc1ccccc1.Nc1ccccc1.Nc1ccccc1.Nc1ccccc1.Nc1ccccc1.Nc1ccccc1. The summed E-state index contributed by atoms with van der Waals surface area (Å²) in [5, 5.41) is 0. The first-order chi connectivity index (χ1) is 46.7. The molecule has 0 fully saturated rings. The number of nitrogen functional groups attached to an aromatic ring is 6. The van der Waals surface area contributed by atoms with Crippen LogP contribution in [0.1, 0.15) is 229 Å². The molecule has 12 N–H and O–H groups in total. The van der Waals surface area contributed by atoms with E-state index in [1.54, 1.807) is 0 Å². The van der Waals surface area contributed by atoms with Gasteiger partial charge in [0.2, 0.25) is 0 Å². The standard InChI is InChI=1S/2C10H14.C9H10N2.6C6H7N.2C6H14.4C3H8.C2H6.CH4/c2*1-10(2,3)9-7-5-4-6-8-9;1-11-6-8-4-2-3-5-9(8)10-7-11;6*7-6-4-2-1-3-5-6;2*1-5-6(2,3)4;4*1-3-2;1-2;/h2*4-8H,1-3H3;2-5,7H,6H2,1H3;6*1-5H,7H2;2*5H2,1-4H3;4*3H2,1-2H3;1-2H3;1H4. The van der Waals surface area contributed by atoms with Crippen LogP contribution < -0.4 is 34.4 Å². The predicted molar refractivity (Wildman–Crippen MR) is 463 cm³/mol. The fourth-order valence-corrected chi connectivity index (χ4v) is 5.84. The topological polar surface area (TPSA) is 172 Å². The van der Waals surface area contributed by atoms with Gasteiger partial charge >= 0.3 is 0 Å². The normalized spacial score (nSPS) is 9.75. The van der Waals surface area contributed by atoms with E-state index in [0.717, 1.165) is 46.4 Å². The molecule has 9 aromatic rings. The van der Waals surface area contributed by atoms with Crippen LogP contribution in [0.3, 0.4) is 0 Å². The van der Waals surface area contributed by atoms with Crippen molar-refractivity contribution in [1.82, 2.24) is 4.90 Å². The number of nitrogens with zero attached hydrogens (tertiary/aromatic N) is 2. The van der Waals surface area contributed by atoms with E-state index in [1.165, 1.54) is 55.2 Å². The van der Waals surface area contributed by atoms with Crippen LogP contribution in [0, 0.1) is 10.8 Å². The van der Waals surface area contributed by atoms with E-state index >= 15 is 0 Å². The number of anilines is 6. The lowest BCUT2D eigenvalue weighted by Crippen LogP contribution is -2.18. The molecule has 100 heavy (non-hydrogen) atoms. The Bertz CT molecular complexity index is 2640. The quantitative estimate of drug-likeness (QED) is 0.0820. The van der Waals surface area contributed by atoms with E-state index in [9.17, 15) is 0 Å². The van der Waals surface area contributed by atoms with Crippen molar-refractivity contribution >= 4 is 46.2 Å². The number of aliphatic imine (C=N–C) groups is 1. The summed E-state index contributed by atoms with van der Waals surface area (Å²) in [6.45, 7) is 53.2. The van der Waals surface area contributed by atoms with Crippen LogP contribution in [0.5, 0.6) is 0 Å². The Balaban J connectivity index is -0.000000187. The summed E-state index contributed by atoms with van der Waals surface area (Å²) >= 11 is 0. The summed E-state index contributed by atoms with van der Waals surface area (Å²) in [6, 6.07) is 86.2. The second-order valence-electron chi connectivity index (χ2n) is 27.1. The van der Waals surface area contributed by atoms with Gasteiger partial charge in [-0.25, -0.2) is 4.99 Å². The Kier molecular flexibility index (Phi) is 73.4. The summed E-state index contributed by atoms with van der Waals surface area (Å²) in [5.74, 6) is 0. The minimum absolute atomic E-state index is 0. The van der Waals surface area contributed by atoms with E-state index in [0.29, 0.717) is 21.7 Å². The molecular formula is C92H150N8. The van der Waals surface area contributed by atoms with Crippen molar-refractivity contribution in [2.24, 2.45) is 15.8 Å². The zero-order valence-corrected chi connectivity index (χ0v) is 67.3. The zero-order chi connectivity index (χ0) is 76.8. The van der Waals surface area contributed by atoms with Crippen LogP contribution in [-0.2, 0) is 17.4 Å². The van der Waals surface area contributed by atoms with Gasteiger partial charge in [0.1, 0.15) is 0 Å². The Morgan fingerprint density at radius 1 is 0.290 bits per heavy atom. The molecule has 0 bridgehead atoms. The lowest BCUT2D eigenvalue weighted by Gasteiger charge is -2.18. The molecule has 0 aromatic heterocycles. The molecule has 0 saturated heterocycles.